The molecule has 0 aromatic rings. The topological polar surface area (TPSA) is 87.1 Å². The van der Waals surface area contributed by atoms with Crippen LogP contribution in [-0.4, -0.2) is 52.5 Å². The summed E-state index contributed by atoms with van der Waals surface area (Å²) < 4.78 is 5.33. The summed E-state index contributed by atoms with van der Waals surface area (Å²) >= 11 is 0. The third-order valence-electron chi connectivity index (χ3n) is 3.73. The van der Waals surface area contributed by atoms with Gasteiger partial charge >= 0.3 is 12.1 Å². The molecule has 0 spiro atoms. The van der Waals surface area contributed by atoms with Crippen LogP contribution in [0.3, 0.4) is 0 Å². The second-order valence-electron chi connectivity index (χ2n) is 7.08. The van der Waals surface area contributed by atoms with E-state index in [1.807, 2.05) is 6.92 Å². The van der Waals surface area contributed by atoms with Crippen molar-refractivity contribution in [3.8, 4) is 0 Å². The van der Waals surface area contributed by atoms with Crippen LogP contribution in [0.25, 0.3) is 0 Å². The van der Waals surface area contributed by atoms with Gasteiger partial charge in [-0.05, 0) is 46.0 Å². The minimum atomic E-state index is -0.989. The molecule has 2 unspecified atom stereocenters. The van der Waals surface area contributed by atoms with E-state index in [0.29, 0.717) is 25.8 Å². The monoisotopic (exact) mass is 301 g/mol. The Kier molecular flexibility index (Phi) is 5.61. The summed E-state index contributed by atoms with van der Waals surface area (Å²) in [6.45, 7) is 7.77. The molecule has 1 rings (SSSR count). The van der Waals surface area contributed by atoms with Crippen LogP contribution >= 0.6 is 0 Å². The molecule has 0 bridgehead atoms. The number of carboxylic acids is 1. The van der Waals surface area contributed by atoms with Crippen molar-refractivity contribution in [2.24, 2.45) is 11.3 Å². The van der Waals surface area contributed by atoms with Crippen LogP contribution in [0.5, 0.6) is 0 Å². The Morgan fingerprint density at radius 3 is 2.48 bits per heavy atom. The lowest BCUT2D eigenvalue weighted by molar-refractivity contribution is -0.153. The SMILES string of the molecule is CC(CO)CC1(C(=O)O)CCCN(C(=O)OC(C)(C)C)C1. The number of hydrogen-bond donors (Lipinski definition) is 2. The maximum absolute atomic E-state index is 12.1. The second kappa shape index (κ2) is 6.64. The summed E-state index contributed by atoms with van der Waals surface area (Å²) in [4.78, 5) is 25.3. The number of likely N-dealkylation sites (tertiary alicyclic amines) is 1. The van der Waals surface area contributed by atoms with E-state index in [1.165, 1.54) is 4.90 Å². The lowest BCUT2D eigenvalue weighted by Crippen LogP contribution is -2.51. The molecule has 1 aliphatic rings. The van der Waals surface area contributed by atoms with Crippen LogP contribution in [0, 0.1) is 11.3 Å². The summed E-state index contributed by atoms with van der Waals surface area (Å²) in [5.74, 6) is -1.02. The van der Waals surface area contributed by atoms with Crippen LogP contribution in [-0.2, 0) is 9.53 Å². The van der Waals surface area contributed by atoms with Gasteiger partial charge in [0.15, 0.2) is 0 Å². The van der Waals surface area contributed by atoms with E-state index in [-0.39, 0.29) is 19.1 Å². The van der Waals surface area contributed by atoms with Gasteiger partial charge in [0.1, 0.15) is 5.60 Å². The lowest BCUT2D eigenvalue weighted by atomic mass is 9.74. The molecule has 21 heavy (non-hydrogen) atoms. The highest BCUT2D eigenvalue weighted by Gasteiger charge is 2.45. The highest BCUT2D eigenvalue weighted by atomic mass is 16.6. The van der Waals surface area contributed by atoms with Crippen molar-refractivity contribution in [2.75, 3.05) is 19.7 Å². The molecule has 0 radical (unpaired) electrons. The molecule has 6 heteroatoms. The number of carbonyl (C=O) groups is 2. The Hall–Kier alpha value is -1.30. The van der Waals surface area contributed by atoms with Crippen LogP contribution in [0.1, 0.15) is 47.0 Å². The Bertz CT molecular complexity index is 390. The number of aliphatic hydroxyl groups excluding tert-OH is 1. The normalized spacial score (nSPS) is 24.5. The van der Waals surface area contributed by atoms with Gasteiger partial charge in [0, 0.05) is 19.7 Å². The summed E-state index contributed by atoms with van der Waals surface area (Å²) in [5.41, 5.74) is -1.59. The third-order valence-corrected chi connectivity index (χ3v) is 3.73. The van der Waals surface area contributed by atoms with Gasteiger partial charge in [-0.15, -0.1) is 0 Å². The predicted octanol–water partition coefficient (Wildman–Crippen LogP) is 2.11. The predicted molar refractivity (Wildman–Crippen MR) is 78.0 cm³/mol. The molecule has 0 aromatic heterocycles. The standard InChI is InChI=1S/C15H27NO5/c1-11(9-17)8-15(12(18)19)6-5-7-16(10-15)13(20)21-14(2,3)4/h11,17H,5-10H2,1-4H3,(H,18,19). The van der Waals surface area contributed by atoms with E-state index in [2.05, 4.69) is 0 Å². The Morgan fingerprint density at radius 2 is 2.00 bits per heavy atom. The number of piperidine rings is 1. The largest absolute Gasteiger partial charge is 0.481 e. The molecule has 1 heterocycles. The molecule has 122 valence electrons. The molecular weight excluding hydrogens is 274 g/mol. The fourth-order valence-electron chi connectivity index (χ4n) is 2.77. The van der Waals surface area contributed by atoms with Gasteiger partial charge in [0.2, 0.25) is 0 Å². The number of aliphatic hydroxyl groups is 1. The average Bonchev–Trinajstić information content (AvgIpc) is 2.36. The molecular formula is C15H27NO5. The number of rotatable bonds is 4. The highest BCUT2D eigenvalue weighted by molar-refractivity contribution is 5.77. The third kappa shape index (κ3) is 4.88. The Balaban J connectivity index is 2.84. The van der Waals surface area contributed by atoms with Crippen LogP contribution in [0.15, 0.2) is 0 Å². The lowest BCUT2D eigenvalue weighted by Gasteiger charge is -2.41. The highest BCUT2D eigenvalue weighted by Crippen LogP contribution is 2.37. The molecule has 0 aliphatic carbocycles. The van der Waals surface area contributed by atoms with Crippen molar-refractivity contribution in [2.45, 2.75) is 52.6 Å². The minimum Gasteiger partial charge on any atom is -0.481 e. The first-order valence-corrected chi connectivity index (χ1v) is 7.42. The van der Waals surface area contributed by atoms with Gasteiger partial charge in [0.25, 0.3) is 0 Å². The Morgan fingerprint density at radius 1 is 1.38 bits per heavy atom. The maximum atomic E-state index is 12.1. The summed E-state index contributed by atoms with van der Waals surface area (Å²) in [6, 6.07) is 0. The van der Waals surface area contributed by atoms with Crippen LogP contribution in [0.4, 0.5) is 4.79 Å². The molecule has 1 amide bonds. The first kappa shape index (κ1) is 17.8. The van der Waals surface area contributed by atoms with E-state index >= 15 is 0 Å². The number of carbonyl (C=O) groups excluding carboxylic acids is 1. The first-order chi connectivity index (χ1) is 9.59. The second-order valence-corrected chi connectivity index (χ2v) is 7.08. The van der Waals surface area contributed by atoms with Gasteiger partial charge < -0.3 is 19.8 Å². The zero-order valence-electron chi connectivity index (χ0n) is 13.4. The van der Waals surface area contributed by atoms with E-state index in [9.17, 15) is 19.8 Å². The summed E-state index contributed by atoms with van der Waals surface area (Å²) in [6.07, 6.45) is 1.04. The Labute approximate surface area is 126 Å². The summed E-state index contributed by atoms with van der Waals surface area (Å²) in [7, 11) is 0. The minimum absolute atomic E-state index is 0.0541. The molecule has 1 fully saturated rings. The van der Waals surface area contributed by atoms with Crippen molar-refractivity contribution in [3.05, 3.63) is 0 Å². The van der Waals surface area contributed by atoms with Gasteiger partial charge in [-0.2, -0.15) is 0 Å². The van der Waals surface area contributed by atoms with Gasteiger partial charge in [-0.3, -0.25) is 4.79 Å². The zero-order chi connectivity index (χ0) is 16.3. The van der Waals surface area contributed by atoms with Crippen molar-refractivity contribution < 1.29 is 24.5 Å². The van der Waals surface area contributed by atoms with Crippen LogP contribution in [0.2, 0.25) is 0 Å². The fourth-order valence-corrected chi connectivity index (χ4v) is 2.77. The molecule has 1 aliphatic heterocycles. The van der Waals surface area contributed by atoms with E-state index in [1.54, 1.807) is 20.8 Å². The molecule has 1 saturated heterocycles. The number of hydrogen-bond acceptors (Lipinski definition) is 4. The number of ether oxygens (including phenoxy) is 1. The van der Waals surface area contributed by atoms with Crippen molar-refractivity contribution >= 4 is 12.1 Å². The van der Waals surface area contributed by atoms with Gasteiger partial charge in [-0.1, -0.05) is 6.92 Å². The van der Waals surface area contributed by atoms with Crippen molar-refractivity contribution in [1.82, 2.24) is 4.90 Å². The maximum Gasteiger partial charge on any atom is 0.410 e. The fraction of sp³-hybridized carbons (Fsp3) is 0.867. The number of amides is 1. The van der Waals surface area contributed by atoms with E-state index in [4.69, 9.17) is 4.74 Å². The molecule has 6 nitrogen and oxygen atoms in total. The molecule has 0 aromatic carbocycles. The van der Waals surface area contributed by atoms with E-state index < -0.39 is 23.1 Å². The van der Waals surface area contributed by atoms with E-state index in [0.717, 1.165) is 0 Å². The van der Waals surface area contributed by atoms with Gasteiger partial charge in [-0.25, -0.2) is 4.79 Å². The molecule has 0 saturated carbocycles. The zero-order valence-corrected chi connectivity index (χ0v) is 13.4. The number of carboxylic acid groups (broad SMARTS) is 1. The van der Waals surface area contributed by atoms with Crippen molar-refractivity contribution in [3.63, 3.8) is 0 Å². The number of nitrogens with zero attached hydrogens (tertiary/aromatic N) is 1. The quantitative estimate of drug-likeness (QED) is 0.830. The average molecular weight is 301 g/mol. The smallest absolute Gasteiger partial charge is 0.410 e. The van der Waals surface area contributed by atoms with Crippen molar-refractivity contribution in [1.29, 1.82) is 0 Å². The van der Waals surface area contributed by atoms with Gasteiger partial charge in [0.05, 0.1) is 5.41 Å². The summed E-state index contributed by atoms with van der Waals surface area (Å²) in [5, 5.41) is 18.8. The molecule has 2 atom stereocenters. The van der Waals surface area contributed by atoms with Crippen LogP contribution < -0.4 is 0 Å². The number of aliphatic carboxylic acids is 1. The first-order valence-electron chi connectivity index (χ1n) is 7.42. The molecule has 2 N–H and O–H groups in total.